The quantitative estimate of drug-likeness (QED) is 0.795. The second-order valence-electron chi connectivity index (χ2n) is 5.22. The van der Waals surface area contributed by atoms with Crippen molar-refractivity contribution in [2.24, 2.45) is 5.92 Å². The van der Waals surface area contributed by atoms with E-state index in [2.05, 4.69) is 47.6 Å². The van der Waals surface area contributed by atoms with Crippen molar-refractivity contribution in [1.29, 1.82) is 0 Å². The third kappa shape index (κ3) is 5.25. The van der Waals surface area contributed by atoms with E-state index in [0.717, 1.165) is 39.6 Å². The monoisotopic (exact) mass is 341 g/mol. The van der Waals surface area contributed by atoms with E-state index in [9.17, 15) is 0 Å². The fourth-order valence-electron chi connectivity index (χ4n) is 1.76. The highest BCUT2D eigenvalue weighted by atomic mass is 35.5. The van der Waals surface area contributed by atoms with Gasteiger partial charge < -0.3 is 5.32 Å². The highest BCUT2D eigenvalue weighted by Crippen LogP contribution is 2.34. The molecule has 0 fully saturated rings. The molecule has 0 atom stereocenters. The van der Waals surface area contributed by atoms with Gasteiger partial charge in [-0.3, -0.25) is 0 Å². The second-order valence-corrected chi connectivity index (χ2v) is 7.67. The summed E-state index contributed by atoms with van der Waals surface area (Å²) in [4.78, 5) is 5.49. The molecule has 0 radical (unpaired) electrons. The fraction of sp³-hybridized carbons (Fsp3) is 0.467. The predicted molar refractivity (Wildman–Crippen MR) is 91.4 cm³/mol. The van der Waals surface area contributed by atoms with E-state index < -0.39 is 0 Å². The largest absolute Gasteiger partial charge is 0.312 e. The van der Waals surface area contributed by atoms with Gasteiger partial charge in [0.15, 0.2) is 4.34 Å². The molecule has 0 amide bonds. The molecule has 114 valence electrons. The lowest BCUT2D eigenvalue weighted by molar-refractivity contribution is 0.552. The standard InChI is InChI=1S/C15H20ClN3S2/c1-4-14-18-15(21-19-14)20-13-6-5-11(7-12(13)16)9-17-8-10(2)3/h5-7,10,17H,4,8-9H2,1-3H3. The van der Waals surface area contributed by atoms with Crippen LogP contribution in [0.2, 0.25) is 5.02 Å². The zero-order chi connectivity index (χ0) is 15.2. The Balaban J connectivity index is 1.98. The summed E-state index contributed by atoms with van der Waals surface area (Å²) in [5.41, 5.74) is 1.21. The van der Waals surface area contributed by atoms with E-state index in [1.165, 1.54) is 17.1 Å². The third-order valence-corrected chi connectivity index (χ3v) is 5.13. The van der Waals surface area contributed by atoms with Gasteiger partial charge in [0.2, 0.25) is 0 Å². The maximum absolute atomic E-state index is 6.37. The van der Waals surface area contributed by atoms with Gasteiger partial charge in [-0.1, -0.05) is 50.2 Å². The SMILES string of the molecule is CCc1nsc(Sc2ccc(CNCC(C)C)cc2Cl)n1. The van der Waals surface area contributed by atoms with E-state index in [1.807, 2.05) is 6.07 Å². The number of aromatic nitrogens is 2. The Morgan fingerprint density at radius 3 is 2.81 bits per heavy atom. The van der Waals surface area contributed by atoms with Crippen molar-refractivity contribution in [3.63, 3.8) is 0 Å². The number of rotatable bonds is 7. The van der Waals surface area contributed by atoms with Crippen LogP contribution in [0.4, 0.5) is 0 Å². The zero-order valence-corrected chi connectivity index (χ0v) is 14.9. The van der Waals surface area contributed by atoms with Crippen molar-refractivity contribution < 1.29 is 0 Å². The van der Waals surface area contributed by atoms with Gasteiger partial charge in [-0.25, -0.2) is 4.98 Å². The first kappa shape index (κ1) is 16.7. The number of benzene rings is 1. The Hall–Kier alpha value is -0.620. The van der Waals surface area contributed by atoms with Crippen LogP contribution in [0.25, 0.3) is 0 Å². The van der Waals surface area contributed by atoms with E-state index in [0.29, 0.717) is 5.92 Å². The lowest BCUT2D eigenvalue weighted by atomic mass is 10.2. The first-order chi connectivity index (χ1) is 10.1. The molecule has 0 saturated carbocycles. The minimum absolute atomic E-state index is 0.653. The maximum atomic E-state index is 6.37. The first-order valence-electron chi connectivity index (χ1n) is 7.08. The number of hydrogen-bond acceptors (Lipinski definition) is 5. The van der Waals surface area contributed by atoms with Crippen molar-refractivity contribution in [2.75, 3.05) is 6.54 Å². The Bertz CT molecular complexity index is 584. The van der Waals surface area contributed by atoms with Gasteiger partial charge in [-0.05, 0) is 41.7 Å². The van der Waals surface area contributed by atoms with E-state index in [1.54, 1.807) is 11.8 Å². The van der Waals surface area contributed by atoms with Crippen LogP contribution in [-0.2, 0) is 13.0 Å². The van der Waals surface area contributed by atoms with Gasteiger partial charge >= 0.3 is 0 Å². The highest BCUT2D eigenvalue weighted by Gasteiger charge is 2.08. The number of nitrogens with one attached hydrogen (secondary N) is 1. The molecule has 1 aromatic carbocycles. The van der Waals surface area contributed by atoms with Crippen LogP contribution in [-0.4, -0.2) is 15.9 Å². The van der Waals surface area contributed by atoms with E-state index >= 15 is 0 Å². The number of aryl methyl sites for hydroxylation is 1. The lowest BCUT2D eigenvalue weighted by Crippen LogP contribution is -2.18. The van der Waals surface area contributed by atoms with Crippen molar-refractivity contribution in [1.82, 2.24) is 14.7 Å². The average molecular weight is 342 g/mol. The molecular weight excluding hydrogens is 322 g/mol. The maximum Gasteiger partial charge on any atom is 0.174 e. The Kier molecular flexibility index (Phi) is 6.48. The topological polar surface area (TPSA) is 37.8 Å². The smallest absolute Gasteiger partial charge is 0.174 e. The molecule has 0 unspecified atom stereocenters. The highest BCUT2D eigenvalue weighted by molar-refractivity contribution is 8.01. The molecule has 2 aromatic rings. The Labute approximate surface area is 139 Å². The molecule has 1 heterocycles. The number of nitrogens with zero attached hydrogens (tertiary/aromatic N) is 2. The van der Waals surface area contributed by atoms with Crippen LogP contribution in [0.5, 0.6) is 0 Å². The average Bonchev–Trinajstić information content (AvgIpc) is 2.89. The molecular formula is C15H20ClN3S2. The van der Waals surface area contributed by atoms with Crippen LogP contribution in [0, 0.1) is 5.92 Å². The summed E-state index contributed by atoms with van der Waals surface area (Å²) in [7, 11) is 0. The molecule has 3 nitrogen and oxygen atoms in total. The first-order valence-corrected chi connectivity index (χ1v) is 9.04. The van der Waals surface area contributed by atoms with E-state index in [-0.39, 0.29) is 0 Å². The fourth-order valence-corrected chi connectivity index (χ4v) is 3.74. The Morgan fingerprint density at radius 2 is 2.19 bits per heavy atom. The van der Waals surface area contributed by atoms with E-state index in [4.69, 9.17) is 11.6 Å². The summed E-state index contributed by atoms with van der Waals surface area (Å²) < 4.78 is 5.24. The van der Waals surface area contributed by atoms with Crippen LogP contribution in [0.15, 0.2) is 27.4 Å². The van der Waals surface area contributed by atoms with Crippen LogP contribution in [0.1, 0.15) is 32.2 Å². The molecule has 0 aliphatic rings. The van der Waals surface area contributed by atoms with Crippen molar-refractivity contribution in [3.05, 3.63) is 34.6 Å². The minimum Gasteiger partial charge on any atom is -0.312 e. The van der Waals surface area contributed by atoms with Gasteiger partial charge in [-0.15, -0.1) is 0 Å². The summed E-state index contributed by atoms with van der Waals surface area (Å²) in [6.45, 7) is 8.32. The number of halogens is 1. The second kappa shape index (κ2) is 8.13. The normalized spacial score (nSPS) is 11.3. The predicted octanol–water partition coefficient (Wildman–Crippen LogP) is 4.65. The summed E-state index contributed by atoms with van der Waals surface area (Å²) in [6.07, 6.45) is 0.866. The minimum atomic E-state index is 0.653. The summed E-state index contributed by atoms with van der Waals surface area (Å²) >= 11 is 9.38. The van der Waals surface area contributed by atoms with Gasteiger partial charge in [0.1, 0.15) is 5.82 Å². The lowest BCUT2D eigenvalue weighted by Gasteiger charge is -2.09. The van der Waals surface area contributed by atoms with Gasteiger partial charge in [0.25, 0.3) is 0 Å². The molecule has 0 aliphatic heterocycles. The van der Waals surface area contributed by atoms with Crippen LogP contribution in [0.3, 0.4) is 0 Å². The summed E-state index contributed by atoms with van der Waals surface area (Å²) in [6, 6.07) is 6.20. The molecule has 6 heteroatoms. The van der Waals surface area contributed by atoms with Gasteiger partial charge in [0, 0.05) is 17.9 Å². The zero-order valence-electron chi connectivity index (χ0n) is 12.5. The third-order valence-electron chi connectivity index (χ3n) is 2.84. The van der Waals surface area contributed by atoms with Gasteiger partial charge in [0.05, 0.1) is 5.02 Å². The van der Waals surface area contributed by atoms with Crippen LogP contribution < -0.4 is 5.32 Å². The molecule has 21 heavy (non-hydrogen) atoms. The molecule has 1 N–H and O–H groups in total. The Morgan fingerprint density at radius 1 is 1.38 bits per heavy atom. The molecule has 0 bridgehead atoms. The molecule has 0 aliphatic carbocycles. The van der Waals surface area contributed by atoms with Crippen molar-refractivity contribution >= 4 is 34.9 Å². The number of hydrogen-bond donors (Lipinski definition) is 1. The van der Waals surface area contributed by atoms with Crippen LogP contribution >= 0.6 is 34.9 Å². The molecule has 0 spiro atoms. The van der Waals surface area contributed by atoms with Crippen molar-refractivity contribution in [3.8, 4) is 0 Å². The molecule has 0 saturated heterocycles. The summed E-state index contributed by atoms with van der Waals surface area (Å²) in [5.74, 6) is 1.55. The summed E-state index contributed by atoms with van der Waals surface area (Å²) in [5, 5.41) is 4.20. The van der Waals surface area contributed by atoms with Gasteiger partial charge in [-0.2, -0.15) is 4.37 Å². The molecule has 2 rings (SSSR count). The van der Waals surface area contributed by atoms with Crippen molar-refractivity contribution in [2.45, 2.75) is 43.0 Å². The molecule has 1 aromatic heterocycles.